The number of thioether (sulfide) groups is 1. The molecular weight excluding hydrogens is 282 g/mol. The molecule has 1 amide bonds. The van der Waals surface area contributed by atoms with Crippen LogP contribution in [0.25, 0.3) is 5.70 Å². The second-order valence-corrected chi connectivity index (χ2v) is 6.06. The second-order valence-electron chi connectivity index (χ2n) is 4.98. The van der Waals surface area contributed by atoms with Crippen LogP contribution in [0.15, 0.2) is 60.2 Å². The van der Waals surface area contributed by atoms with E-state index in [2.05, 4.69) is 5.32 Å². The Kier molecular flexibility index (Phi) is 2.72. The molecule has 2 aromatic carbocycles. The summed E-state index contributed by atoms with van der Waals surface area (Å²) in [5.41, 5.74) is 3.84. The summed E-state index contributed by atoms with van der Waals surface area (Å²) in [6, 6.07) is 17.1. The van der Waals surface area contributed by atoms with E-state index in [-0.39, 0.29) is 16.3 Å². The van der Waals surface area contributed by atoms with Crippen LogP contribution in [-0.4, -0.2) is 11.0 Å². The molecule has 21 heavy (non-hydrogen) atoms. The first-order valence-corrected chi connectivity index (χ1v) is 7.54. The summed E-state index contributed by atoms with van der Waals surface area (Å²) in [4.78, 5) is 24.7. The fourth-order valence-corrected chi connectivity index (χ4v) is 3.86. The van der Waals surface area contributed by atoms with Crippen LogP contribution in [0.4, 0.5) is 4.79 Å². The fraction of sp³-hybridized carbons (Fsp3) is 0.0588. The molecule has 0 bridgehead atoms. The molecule has 0 spiro atoms. The molecule has 0 saturated heterocycles. The molecule has 1 aliphatic carbocycles. The van der Waals surface area contributed by atoms with Crippen molar-refractivity contribution in [2.45, 2.75) is 5.25 Å². The molecule has 0 aromatic heterocycles. The van der Waals surface area contributed by atoms with Crippen LogP contribution in [0, 0.1) is 0 Å². The topological polar surface area (TPSA) is 46.2 Å². The SMILES string of the molecule is O=C1NC2=C(C(=O)c3ccccc32)[C@@H](c2ccccc2)S1. The van der Waals surface area contributed by atoms with Crippen LogP contribution < -0.4 is 5.32 Å². The monoisotopic (exact) mass is 293 g/mol. The van der Waals surface area contributed by atoms with E-state index in [4.69, 9.17) is 0 Å². The lowest BCUT2D eigenvalue weighted by Gasteiger charge is -2.23. The Hall–Kier alpha value is -2.33. The van der Waals surface area contributed by atoms with Gasteiger partial charge >= 0.3 is 0 Å². The molecule has 1 aliphatic heterocycles. The molecule has 102 valence electrons. The summed E-state index contributed by atoms with van der Waals surface area (Å²) >= 11 is 1.16. The number of rotatable bonds is 1. The van der Waals surface area contributed by atoms with Gasteiger partial charge in [-0.25, -0.2) is 0 Å². The van der Waals surface area contributed by atoms with E-state index in [0.29, 0.717) is 16.8 Å². The third kappa shape index (κ3) is 1.83. The highest BCUT2D eigenvalue weighted by atomic mass is 32.2. The van der Waals surface area contributed by atoms with Gasteiger partial charge in [-0.2, -0.15) is 0 Å². The summed E-state index contributed by atoms with van der Waals surface area (Å²) < 4.78 is 0. The first-order valence-electron chi connectivity index (χ1n) is 6.66. The highest BCUT2D eigenvalue weighted by Crippen LogP contribution is 2.47. The molecule has 4 heteroatoms. The molecule has 0 fully saturated rings. The third-order valence-corrected chi connectivity index (χ3v) is 4.83. The van der Waals surface area contributed by atoms with Gasteiger partial charge in [0.25, 0.3) is 5.24 Å². The predicted molar refractivity (Wildman–Crippen MR) is 83.0 cm³/mol. The van der Waals surface area contributed by atoms with Crippen molar-refractivity contribution < 1.29 is 9.59 Å². The average Bonchev–Trinajstić information content (AvgIpc) is 2.81. The van der Waals surface area contributed by atoms with Crippen molar-refractivity contribution in [3.8, 4) is 0 Å². The Morgan fingerprint density at radius 1 is 0.857 bits per heavy atom. The van der Waals surface area contributed by atoms with Gasteiger partial charge in [0.05, 0.1) is 10.9 Å². The second kappa shape index (κ2) is 4.60. The molecule has 1 atom stereocenters. The number of benzene rings is 2. The lowest BCUT2D eigenvalue weighted by Crippen LogP contribution is -2.25. The van der Waals surface area contributed by atoms with E-state index in [0.717, 1.165) is 22.9 Å². The Bertz CT molecular complexity index is 795. The van der Waals surface area contributed by atoms with Crippen molar-refractivity contribution in [3.63, 3.8) is 0 Å². The van der Waals surface area contributed by atoms with Crippen LogP contribution in [-0.2, 0) is 0 Å². The van der Waals surface area contributed by atoms with Gasteiger partial charge in [0.1, 0.15) is 0 Å². The maximum atomic E-state index is 12.7. The van der Waals surface area contributed by atoms with E-state index < -0.39 is 0 Å². The number of carbonyl (C=O) groups excluding carboxylic acids is 2. The minimum atomic E-state index is -0.241. The number of amides is 1. The third-order valence-electron chi connectivity index (χ3n) is 3.77. The lowest BCUT2D eigenvalue weighted by atomic mass is 10.0. The fourth-order valence-electron chi connectivity index (χ4n) is 2.85. The molecule has 0 saturated carbocycles. The molecule has 3 nitrogen and oxygen atoms in total. The van der Waals surface area contributed by atoms with Gasteiger partial charge in [-0.15, -0.1) is 0 Å². The Balaban J connectivity index is 1.91. The summed E-state index contributed by atoms with van der Waals surface area (Å²) in [7, 11) is 0. The smallest absolute Gasteiger partial charge is 0.284 e. The van der Waals surface area contributed by atoms with Gasteiger partial charge in [-0.1, -0.05) is 66.4 Å². The Morgan fingerprint density at radius 3 is 2.29 bits per heavy atom. The minimum absolute atomic E-state index is 0.0157. The van der Waals surface area contributed by atoms with E-state index in [1.807, 2.05) is 54.6 Å². The molecule has 4 rings (SSSR count). The van der Waals surface area contributed by atoms with Crippen LogP contribution in [0.5, 0.6) is 0 Å². The number of hydrogen-bond donors (Lipinski definition) is 1. The van der Waals surface area contributed by atoms with Crippen LogP contribution in [0.1, 0.15) is 26.7 Å². The molecule has 0 unspecified atom stereocenters. The Morgan fingerprint density at radius 2 is 1.52 bits per heavy atom. The summed E-state index contributed by atoms with van der Waals surface area (Å²) in [5.74, 6) is 0.0157. The normalized spacial score (nSPS) is 20.1. The summed E-state index contributed by atoms with van der Waals surface area (Å²) in [6.45, 7) is 0. The maximum Gasteiger partial charge on any atom is 0.284 e. The lowest BCUT2D eigenvalue weighted by molar-refractivity contribution is 0.103. The minimum Gasteiger partial charge on any atom is -0.316 e. The number of nitrogens with one attached hydrogen (secondary N) is 1. The van der Waals surface area contributed by atoms with Gasteiger partial charge in [-0.3, -0.25) is 9.59 Å². The van der Waals surface area contributed by atoms with Crippen molar-refractivity contribution in [1.29, 1.82) is 0 Å². The average molecular weight is 293 g/mol. The van der Waals surface area contributed by atoms with E-state index >= 15 is 0 Å². The molecule has 1 N–H and O–H groups in total. The quantitative estimate of drug-likeness (QED) is 0.870. The van der Waals surface area contributed by atoms with Crippen molar-refractivity contribution >= 4 is 28.5 Å². The predicted octanol–water partition coefficient (Wildman–Crippen LogP) is 3.79. The van der Waals surface area contributed by atoms with Gasteiger partial charge in [-0.05, 0) is 5.56 Å². The highest BCUT2D eigenvalue weighted by Gasteiger charge is 2.40. The van der Waals surface area contributed by atoms with Gasteiger partial charge in [0.2, 0.25) is 0 Å². The number of hydrogen-bond acceptors (Lipinski definition) is 3. The van der Waals surface area contributed by atoms with Crippen LogP contribution in [0.2, 0.25) is 0 Å². The van der Waals surface area contributed by atoms with E-state index in [1.54, 1.807) is 0 Å². The zero-order valence-electron chi connectivity index (χ0n) is 11.0. The number of fused-ring (bicyclic) bond motifs is 2. The van der Waals surface area contributed by atoms with Gasteiger partial charge in [0, 0.05) is 16.7 Å². The number of Topliss-reactive ketones (excluding diaryl/α,β-unsaturated/α-hetero) is 1. The van der Waals surface area contributed by atoms with E-state index in [9.17, 15) is 9.59 Å². The molecule has 2 aliphatic rings. The van der Waals surface area contributed by atoms with E-state index in [1.165, 1.54) is 0 Å². The molecule has 2 aromatic rings. The highest BCUT2D eigenvalue weighted by molar-refractivity contribution is 8.14. The van der Waals surface area contributed by atoms with Crippen LogP contribution in [0.3, 0.4) is 0 Å². The number of ketones is 1. The van der Waals surface area contributed by atoms with Crippen LogP contribution >= 0.6 is 11.8 Å². The van der Waals surface area contributed by atoms with Crippen molar-refractivity contribution in [1.82, 2.24) is 5.32 Å². The zero-order valence-corrected chi connectivity index (χ0v) is 11.8. The first-order chi connectivity index (χ1) is 10.3. The summed E-state index contributed by atoms with van der Waals surface area (Å²) in [6.07, 6.45) is 0. The van der Waals surface area contributed by atoms with Gasteiger partial charge in [0.15, 0.2) is 5.78 Å². The number of carbonyl (C=O) groups is 2. The first kappa shape index (κ1) is 12.4. The molecular formula is C17H11NO2S. The molecule has 1 heterocycles. The Labute approximate surface area is 126 Å². The molecule has 0 radical (unpaired) electrons. The van der Waals surface area contributed by atoms with Crippen molar-refractivity contribution in [3.05, 3.63) is 76.9 Å². The van der Waals surface area contributed by atoms with Crippen molar-refractivity contribution in [2.75, 3.05) is 0 Å². The summed E-state index contributed by atoms with van der Waals surface area (Å²) in [5, 5.41) is 2.49. The maximum absolute atomic E-state index is 12.7. The largest absolute Gasteiger partial charge is 0.316 e. The zero-order chi connectivity index (χ0) is 14.4. The van der Waals surface area contributed by atoms with Gasteiger partial charge < -0.3 is 5.32 Å². The van der Waals surface area contributed by atoms with Crippen molar-refractivity contribution in [2.24, 2.45) is 0 Å². The standard InChI is InChI=1S/C17H11NO2S/c19-15-12-9-5-4-8-11(12)14-13(15)16(21-17(20)18-14)10-6-2-1-3-7-10/h1-9,16H,(H,18,20)/t16-/m1/s1.